The molecule has 2 heterocycles. The van der Waals surface area contributed by atoms with Crippen LogP contribution in [0.3, 0.4) is 0 Å². The normalized spacial score (nSPS) is 20.3. The highest BCUT2D eigenvalue weighted by molar-refractivity contribution is 6.32. The Balaban J connectivity index is 1.70. The van der Waals surface area contributed by atoms with Crippen molar-refractivity contribution in [3.63, 3.8) is 0 Å². The summed E-state index contributed by atoms with van der Waals surface area (Å²) in [5, 5.41) is 11.7. The van der Waals surface area contributed by atoms with Gasteiger partial charge in [-0.1, -0.05) is 42.8 Å². The molecule has 0 unspecified atom stereocenters. The van der Waals surface area contributed by atoms with Gasteiger partial charge in [-0.05, 0) is 37.8 Å². The number of para-hydroxylation sites is 1. The lowest BCUT2D eigenvalue weighted by molar-refractivity contribution is -0.0510. The molecule has 0 radical (unpaired) electrons. The first-order chi connectivity index (χ1) is 12.5. The van der Waals surface area contributed by atoms with Crippen LogP contribution < -0.4 is 5.32 Å². The van der Waals surface area contributed by atoms with E-state index < -0.39 is 0 Å². The molecule has 0 bridgehead atoms. The highest BCUT2D eigenvalue weighted by atomic mass is 35.5. The van der Waals surface area contributed by atoms with Gasteiger partial charge in [-0.3, -0.25) is 4.79 Å². The number of nitrogens with zero attached hydrogens (tertiary/aromatic N) is 3. The standard InChI is InChI=1S/C19H25ClN4O2/c1-12(2)18-14(7-6-10-26-18)11-21-19(25)17-13(3)24(23-22-17)16-9-5-4-8-15(16)20/h4-5,8-9,12,14,18H,6-7,10-11H2,1-3H3,(H,21,25)/t14-,18-/m0/s1. The van der Waals surface area contributed by atoms with Gasteiger partial charge >= 0.3 is 0 Å². The fourth-order valence-corrected chi connectivity index (χ4v) is 3.73. The number of rotatable bonds is 5. The predicted molar refractivity (Wildman–Crippen MR) is 101 cm³/mol. The molecule has 1 N–H and O–H groups in total. The maximum atomic E-state index is 12.6. The number of aromatic nitrogens is 3. The summed E-state index contributed by atoms with van der Waals surface area (Å²) in [4.78, 5) is 12.6. The predicted octanol–water partition coefficient (Wildman–Crippen LogP) is 3.41. The van der Waals surface area contributed by atoms with Crippen molar-refractivity contribution >= 4 is 17.5 Å². The first-order valence-corrected chi connectivity index (χ1v) is 9.44. The Hall–Kier alpha value is -1.92. The van der Waals surface area contributed by atoms with Crippen LogP contribution in [-0.2, 0) is 4.74 Å². The Morgan fingerprint density at radius 2 is 2.19 bits per heavy atom. The van der Waals surface area contributed by atoms with Gasteiger partial charge in [0.15, 0.2) is 5.69 Å². The third-order valence-electron chi connectivity index (χ3n) is 4.87. The van der Waals surface area contributed by atoms with E-state index in [1.807, 2.05) is 25.1 Å². The van der Waals surface area contributed by atoms with Crippen molar-refractivity contribution in [2.24, 2.45) is 11.8 Å². The van der Waals surface area contributed by atoms with E-state index in [1.54, 1.807) is 10.7 Å². The van der Waals surface area contributed by atoms with Gasteiger partial charge in [-0.15, -0.1) is 5.10 Å². The topological polar surface area (TPSA) is 69.0 Å². The second kappa shape index (κ2) is 8.18. The summed E-state index contributed by atoms with van der Waals surface area (Å²) in [6.45, 7) is 7.52. The van der Waals surface area contributed by atoms with Gasteiger partial charge in [0, 0.05) is 19.1 Å². The van der Waals surface area contributed by atoms with Crippen LogP contribution in [0, 0.1) is 18.8 Å². The van der Waals surface area contributed by atoms with Crippen LogP contribution in [0.2, 0.25) is 5.02 Å². The Bertz CT molecular complexity index is 775. The molecule has 1 amide bonds. The van der Waals surface area contributed by atoms with E-state index >= 15 is 0 Å². The van der Waals surface area contributed by atoms with Gasteiger partial charge in [0.05, 0.1) is 22.5 Å². The number of ether oxygens (including phenoxy) is 1. The molecule has 1 aromatic heterocycles. The molecule has 7 heteroatoms. The zero-order valence-corrected chi connectivity index (χ0v) is 16.2. The van der Waals surface area contributed by atoms with E-state index in [2.05, 4.69) is 29.5 Å². The van der Waals surface area contributed by atoms with Crippen molar-refractivity contribution in [1.82, 2.24) is 20.3 Å². The quantitative estimate of drug-likeness (QED) is 0.868. The van der Waals surface area contributed by atoms with E-state index in [-0.39, 0.29) is 12.0 Å². The van der Waals surface area contributed by atoms with Crippen LogP contribution in [0.1, 0.15) is 42.9 Å². The molecule has 1 aliphatic rings. The Labute approximate surface area is 158 Å². The second-order valence-electron chi connectivity index (χ2n) is 7.08. The molecule has 2 atom stereocenters. The molecule has 3 rings (SSSR count). The molecule has 1 aromatic carbocycles. The van der Waals surface area contributed by atoms with Gasteiger partial charge in [0.1, 0.15) is 0 Å². The molecule has 1 saturated heterocycles. The highest BCUT2D eigenvalue weighted by Crippen LogP contribution is 2.26. The summed E-state index contributed by atoms with van der Waals surface area (Å²) < 4.78 is 7.49. The molecule has 0 spiro atoms. The van der Waals surface area contributed by atoms with Gasteiger partial charge in [-0.2, -0.15) is 0 Å². The molecular weight excluding hydrogens is 352 g/mol. The van der Waals surface area contributed by atoms with Crippen LogP contribution in [0.5, 0.6) is 0 Å². The minimum atomic E-state index is -0.214. The minimum Gasteiger partial charge on any atom is -0.378 e. The molecule has 2 aromatic rings. The maximum Gasteiger partial charge on any atom is 0.273 e. The SMILES string of the molecule is Cc1c(C(=O)NC[C@@H]2CCCO[C@H]2C(C)C)nnn1-c1ccccc1Cl. The van der Waals surface area contributed by atoms with Crippen LogP contribution >= 0.6 is 11.6 Å². The second-order valence-corrected chi connectivity index (χ2v) is 7.49. The smallest absolute Gasteiger partial charge is 0.273 e. The number of benzene rings is 1. The molecule has 6 nitrogen and oxygen atoms in total. The fraction of sp³-hybridized carbons (Fsp3) is 0.526. The molecule has 26 heavy (non-hydrogen) atoms. The summed E-state index contributed by atoms with van der Waals surface area (Å²) in [5.74, 6) is 0.542. The van der Waals surface area contributed by atoms with Crippen molar-refractivity contribution in [3.05, 3.63) is 40.7 Å². The Kier molecular flexibility index (Phi) is 5.94. The van der Waals surface area contributed by atoms with E-state index in [9.17, 15) is 4.79 Å². The fourth-order valence-electron chi connectivity index (χ4n) is 3.52. The summed E-state index contributed by atoms with van der Waals surface area (Å²) >= 11 is 6.22. The van der Waals surface area contributed by atoms with Crippen LogP contribution in [-0.4, -0.2) is 40.2 Å². The average molecular weight is 377 g/mol. The average Bonchev–Trinajstić information content (AvgIpc) is 3.01. The number of hydrogen-bond acceptors (Lipinski definition) is 4. The van der Waals surface area contributed by atoms with Gasteiger partial charge in [0.25, 0.3) is 5.91 Å². The number of hydrogen-bond donors (Lipinski definition) is 1. The largest absolute Gasteiger partial charge is 0.378 e. The first kappa shape index (κ1) is 18.9. The maximum absolute atomic E-state index is 12.6. The van der Waals surface area contributed by atoms with Crippen molar-refractivity contribution in [3.8, 4) is 5.69 Å². The van der Waals surface area contributed by atoms with Gasteiger partial charge < -0.3 is 10.1 Å². The first-order valence-electron chi connectivity index (χ1n) is 9.06. The van der Waals surface area contributed by atoms with Gasteiger partial charge in [-0.25, -0.2) is 4.68 Å². The lowest BCUT2D eigenvalue weighted by atomic mass is 9.87. The highest BCUT2D eigenvalue weighted by Gasteiger charge is 2.29. The number of carbonyl (C=O) groups excluding carboxylic acids is 1. The Morgan fingerprint density at radius 1 is 1.42 bits per heavy atom. The van der Waals surface area contributed by atoms with E-state index in [0.29, 0.717) is 40.5 Å². The zero-order valence-electron chi connectivity index (χ0n) is 15.4. The van der Waals surface area contributed by atoms with Crippen molar-refractivity contribution in [2.45, 2.75) is 39.7 Å². The minimum absolute atomic E-state index is 0.184. The van der Waals surface area contributed by atoms with Crippen LogP contribution in [0.4, 0.5) is 0 Å². The summed E-state index contributed by atoms with van der Waals surface area (Å²) in [5.41, 5.74) is 1.69. The number of halogens is 1. The monoisotopic (exact) mass is 376 g/mol. The third kappa shape index (κ3) is 3.91. The summed E-state index contributed by atoms with van der Waals surface area (Å²) in [7, 11) is 0. The molecule has 0 aliphatic carbocycles. The van der Waals surface area contributed by atoms with Crippen molar-refractivity contribution in [2.75, 3.05) is 13.2 Å². The third-order valence-corrected chi connectivity index (χ3v) is 5.19. The molecular formula is C19H25ClN4O2. The van der Waals surface area contributed by atoms with E-state index in [1.165, 1.54) is 0 Å². The van der Waals surface area contributed by atoms with Crippen molar-refractivity contribution < 1.29 is 9.53 Å². The number of carbonyl (C=O) groups is 1. The molecule has 140 valence electrons. The number of amides is 1. The summed E-state index contributed by atoms with van der Waals surface area (Å²) in [6.07, 6.45) is 2.28. The lowest BCUT2D eigenvalue weighted by Crippen LogP contribution is -2.41. The zero-order chi connectivity index (χ0) is 18.7. The Morgan fingerprint density at radius 3 is 2.92 bits per heavy atom. The van der Waals surface area contributed by atoms with Gasteiger partial charge in [0.2, 0.25) is 0 Å². The van der Waals surface area contributed by atoms with E-state index in [0.717, 1.165) is 19.4 Å². The van der Waals surface area contributed by atoms with E-state index in [4.69, 9.17) is 16.3 Å². The number of nitrogens with one attached hydrogen (secondary N) is 1. The lowest BCUT2D eigenvalue weighted by Gasteiger charge is -2.34. The molecule has 0 saturated carbocycles. The van der Waals surface area contributed by atoms with Crippen LogP contribution in [0.25, 0.3) is 5.69 Å². The van der Waals surface area contributed by atoms with Crippen LogP contribution in [0.15, 0.2) is 24.3 Å². The van der Waals surface area contributed by atoms with Crippen molar-refractivity contribution in [1.29, 1.82) is 0 Å². The molecule has 1 aliphatic heterocycles. The summed E-state index contributed by atoms with van der Waals surface area (Å²) in [6, 6.07) is 7.35. The molecule has 1 fully saturated rings.